The second kappa shape index (κ2) is 8.22. The molecule has 1 N–H and O–H groups in total. The summed E-state index contributed by atoms with van der Waals surface area (Å²) < 4.78 is 17.3. The number of hydrogen-bond donors (Lipinski definition) is 1. The molecule has 5 rings (SSSR count). The van der Waals surface area contributed by atoms with Crippen LogP contribution in [0.3, 0.4) is 0 Å². The van der Waals surface area contributed by atoms with Gasteiger partial charge >= 0.3 is 0 Å². The maximum Gasteiger partial charge on any atom is 0.231 e. The summed E-state index contributed by atoms with van der Waals surface area (Å²) in [5, 5.41) is 10.7. The first-order valence-corrected chi connectivity index (χ1v) is 12.0. The van der Waals surface area contributed by atoms with E-state index in [9.17, 15) is 5.11 Å². The van der Waals surface area contributed by atoms with Crippen LogP contribution in [0.15, 0.2) is 18.2 Å². The largest absolute Gasteiger partial charge is 0.454 e. The smallest absolute Gasteiger partial charge is 0.231 e. The van der Waals surface area contributed by atoms with E-state index in [1.807, 2.05) is 6.07 Å². The molecule has 0 spiro atoms. The van der Waals surface area contributed by atoms with Crippen LogP contribution < -0.4 is 9.47 Å². The van der Waals surface area contributed by atoms with Gasteiger partial charge in [-0.25, -0.2) is 0 Å². The average molecular weight is 431 g/mol. The fourth-order valence-electron chi connectivity index (χ4n) is 6.66. The van der Waals surface area contributed by atoms with E-state index >= 15 is 0 Å². The second-order valence-corrected chi connectivity index (χ2v) is 11.0. The molecule has 2 saturated carbocycles. The highest BCUT2D eigenvalue weighted by Gasteiger charge is 2.60. The third kappa shape index (κ3) is 4.20. The Balaban J connectivity index is 1.05. The zero-order chi connectivity index (χ0) is 21.6. The number of β-amino-alcohol motifs (C(OH)–C–C–N with tert-alkyl or cyclic N) is 1. The van der Waals surface area contributed by atoms with Gasteiger partial charge in [0.05, 0.1) is 18.8 Å². The number of rotatable bonds is 7. The predicted octanol–water partition coefficient (Wildman–Crippen LogP) is 3.13. The van der Waals surface area contributed by atoms with Crippen LogP contribution in [-0.4, -0.2) is 73.2 Å². The van der Waals surface area contributed by atoms with Crippen LogP contribution in [0.2, 0.25) is 0 Å². The Kier molecular flexibility index (Phi) is 5.70. The van der Waals surface area contributed by atoms with Gasteiger partial charge in [-0.05, 0) is 53.7 Å². The number of aliphatic hydroxyl groups is 1. The number of piperazine rings is 1. The molecule has 3 fully saturated rings. The molecule has 0 radical (unpaired) electrons. The van der Waals surface area contributed by atoms with Crippen LogP contribution in [0.4, 0.5) is 0 Å². The van der Waals surface area contributed by atoms with Crippen molar-refractivity contribution in [2.75, 3.05) is 46.1 Å². The fourth-order valence-corrected chi connectivity index (χ4v) is 6.66. The molecule has 6 nitrogen and oxygen atoms in total. The minimum absolute atomic E-state index is 0.229. The van der Waals surface area contributed by atoms with Gasteiger partial charge in [0.2, 0.25) is 6.79 Å². The summed E-state index contributed by atoms with van der Waals surface area (Å²) in [5.74, 6) is 2.47. The molecule has 4 aliphatic rings. The van der Waals surface area contributed by atoms with E-state index in [1.165, 1.54) is 24.8 Å². The molecule has 0 amide bonds. The Hall–Kier alpha value is -1.34. The molecule has 2 bridgehead atoms. The van der Waals surface area contributed by atoms with Crippen molar-refractivity contribution in [2.24, 2.45) is 16.7 Å². The molecule has 1 aromatic rings. The van der Waals surface area contributed by atoms with Gasteiger partial charge in [-0.3, -0.25) is 9.80 Å². The highest BCUT2D eigenvalue weighted by atomic mass is 16.7. The second-order valence-electron chi connectivity index (χ2n) is 11.0. The zero-order valence-electron chi connectivity index (χ0n) is 19.3. The van der Waals surface area contributed by atoms with Gasteiger partial charge in [0, 0.05) is 39.3 Å². The molecule has 4 atom stereocenters. The Bertz CT molecular complexity index is 787. The maximum absolute atomic E-state index is 10.7. The summed E-state index contributed by atoms with van der Waals surface area (Å²) in [6, 6.07) is 6.22. The molecule has 0 aromatic heterocycles. The van der Waals surface area contributed by atoms with Crippen LogP contribution in [-0.2, 0) is 11.3 Å². The lowest BCUT2D eigenvalue weighted by Gasteiger charge is -2.43. The Morgan fingerprint density at radius 3 is 2.58 bits per heavy atom. The molecule has 1 saturated heterocycles. The summed E-state index contributed by atoms with van der Waals surface area (Å²) in [4.78, 5) is 4.84. The average Bonchev–Trinajstić information content (AvgIpc) is 3.40. The lowest BCUT2D eigenvalue weighted by molar-refractivity contribution is -0.114. The quantitative estimate of drug-likeness (QED) is 0.717. The first kappa shape index (κ1) is 21.5. The van der Waals surface area contributed by atoms with Gasteiger partial charge in [-0.2, -0.15) is 0 Å². The highest BCUT2D eigenvalue weighted by Crippen LogP contribution is 2.63. The van der Waals surface area contributed by atoms with Gasteiger partial charge < -0.3 is 19.3 Å². The fraction of sp³-hybridized carbons (Fsp3) is 0.760. The van der Waals surface area contributed by atoms with Crippen molar-refractivity contribution in [3.63, 3.8) is 0 Å². The molecule has 2 aliphatic carbocycles. The number of fused-ring (bicyclic) bond motifs is 3. The molecule has 172 valence electrons. The van der Waals surface area contributed by atoms with E-state index in [2.05, 4.69) is 42.7 Å². The van der Waals surface area contributed by atoms with Gasteiger partial charge in [-0.15, -0.1) is 0 Å². The summed E-state index contributed by atoms with van der Waals surface area (Å²) in [6.07, 6.45) is 3.74. The van der Waals surface area contributed by atoms with E-state index in [4.69, 9.17) is 14.2 Å². The van der Waals surface area contributed by atoms with Crippen molar-refractivity contribution in [3.8, 4) is 11.5 Å². The van der Waals surface area contributed by atoms with Crippen molar-refractivity contribution in [2.45, 2.75) is 58.8 Å². The molecular formula is C25H38N2O4. The van der Waals surface area contributed by atoms with E-state index in [1.54, 1.807) is 0 Å². The third-order valence-corrected chi connectivity index (χ3v) is 8.37. The summed E-state index contributed by atoms with van der Waals surface area (Å²) in [5.41, 5.74) is 1.79. The van der Waals surface area contributed by atoms with Crippen molar-refractivity contribution < 1.29 is 19.3 Å². The van der Waals surface area contributed by atoms with E-state index in [-0.39, 0.29) is 11.5 Å². The number of hydrogen-bond acceptors (Lipinski definition) is 6. The maximum atomic E-state index is 10.7. The van der Waals surface area contributed by atoms with E-state index in [0.29, 0.717) is 25.4 Å². The minimum Gasteiger partial charge on any atom is -0.454 e. The van der Waals surface area contributed by atoms with E-state index < -0.39 is 6.10 Å². The van der Waals surface area contributed by atoms with Gasteiger partial charge in [0.15, 0.2) is 11.5 Å². The predicted molar refractivity (Wildman–Crippen MR) is 119 cm³/mol. The van der Waals surface area contributed by atoms with Crippen LogP contribution in [0.5, 0.6) is 11.5 Å². The SMILES string of the molecule is CC1(C)[C@H]2CC[C@](C)(C2)[C@H]1OC[C@@H](O)CN1CCN(Cc2ccc3c(c2)OCO3)CC1. The summed E-state index contributed by atoms with van der Waals surface area (Å²) >= 11 is 0. The Labute approximate surface area is 186 Å². The normalized spacial score (nSPS) is 33.2. The third-order valence-electron chi connectivity index (χ3n) is 8.37. The first-order chi connectivity index (χ1) is 14.8. The lowest BCUT2D eigenvalue weighted by atomic mass is 9.70. The number of aliphatic hydroxyl groups excluding tert-OH is 1. The summed E-state index contributed by atoms with van der Waals surface area (Å²) in [6.45, 7) is 13.5. The standard InChI is InChI=1S/C25H38N2O4/c1-24(2)19-6-7-25(3,13-19)23(24)29-16-20(28)15-27-10-8-26(9-11-27)14-18-4-5-21-22(12-18)31-17-30-21/h4-5,12,19-20,23,28H,6-11,13-17H2,1-3H3/t19-,20-,23-,25+/m0/s1. The molecule has 6 heteroatoms. The van der Waals surface area contributed by atoms with Crippen molar-refractivity contribution in [1.82, 2.24) is 9.80 Å². The summed E-state index contributed by atoms with van der Waals surface area (Å²) in [7, 11) is 0. The van der Waals surface area contributed by atoms with Crippen LogP contribution in [0.1, 0.15) is 45.6 Å². The first-order valence-electron chi connectivity index (χ1n) is 12.0. The molecule has 1 aromatic carbocycles. The molecule has 2 heterocycles. The molecular weight excluding hydrogens is 392 g/mol. The van der Waals surface area contributed by atoms with Crippen LogP contribution >= 0.6 is 0 Å². The Morgan fingerprint density at radius 1 is 1.10 bits per heavy atom. The number of benzene rings is 1. The number of ether oxygens (including phenoxy) is 3. The minimum atomic E-state index is -0.418. The lowest BCUT2D eigenvalue weighted by Crippen LogP contribution is -2.49. The van der Waals surface area contributed by atoms with Crippen molar-refractivity contribution >= 4 is 0 Å². The Morgan fingerprint density at radius 2 is 1.84 bits per heavy atom. The highest BCUT2D eigenvalue weighted by molar-refractivity contribution is 5.44. The topological polar surface area (TPSA) is 54.4 Å². The van der Waals surface area contributed by atoms with Crippen LogP contribution in [0.25, 0.3) is 0 Å². The van der Waals surface area contributed by atoms with Gasteiger partial charge in [-0.1, -0.05) is 26.8 Å². The van der Waals surface area contributed by atoms with Gasteiger partial charge in [0.1, 0.15) is 0 Å². The van der Waals surface area contributed by atoms with E-state index in [0.717, 1.165) is 50.1 Å². The molecule has 0 unspecified atom stereocenters. The molecule has 31 heavy (non-hydrogen) atoms. The molecule has 2 aliphatic heterocycles. The van der Waals surface area contributed by atoms with Crippen molar-refractivity contribution in [3.05, 3.63) is 23.8 Å². The monoisotopic (exact) mass is 430 g/mol. The van der Waals surface area contributed by atoms with Crippen molar-refractivity contribution in [1.29, 1.82) is 0 Å². The van der Waals surface area contributed by atoms with Crippen LogP contribution in [0, 0.1) is 16.7 Å². The zero-order valence-corrected chi connectivity index (χ0v) is 19.3. The number of nitrogens with zero attached hydrogens (tertiary/aromatic N) is 2. The van der Waals surface area contributed by atoms with Gasteiger partial charge in [0.25, 0.3) is 0 Å².